The second-order valence-electron chi connectivity index (χ2n) is 9.62. The summed E-state index contributed by atoms with van der Waals surface area (Å²) in [6, 6.07) is 3.06. The molecule has 1 aromatic rings. The second-order valence-corrected chi connectivity index (χ2v) is 9.62. The van der Waals surface area contributed by atoms with E-state index in [9.17, 15) is 34.8 Å². The molecule has 4 aliphatic rings. The number of fused-ring (bicyclic) bond motifs is 3. The summed E-state index contributed by atoms with van der Waals surface area (Å²) in [6.07, 6.45) is 6.20. The van der Waals surface area contributed by atoms with Crippen LogP contribution in [0.1, 0.15) is 55.2 Å². The lowest BCUT2D eigenvalue weighted by atomic mass is 9.59. The number of aliphatic hydroxyl groups is 3. The lowest BCUT2D eigenvalue weighted by Gasteiger charge is -2.46. The van der Waals surface area contributed by atoms with Gasteiger partial charge in [0.15, 0.2) is 11.4 Å². The van der Waals surface area contributed by atoms with Crippen molar-refractivity contribution in [3.63, 3.8) is 0 Å². The van der Waals surface area contributed by atoms with Crippen LogP contribution in [0.15, 0.2) is 40.7 Å². The van der Waals surface area contributed by atoms with E-state index in [4.69, 9.17) is 5.73 Å². The van der Waals surface area contributed by atoms with E-state index < -0.39 is 52.0 Å². The molecule has 6 N–H and O–H groups in total. The highest BCUT2D eigenvalue weighted by Crippen LogP contribution is 2.52. The molecular weight excluding hydrogens is 450 g/mol. The van der Waals surface area contributed by atoms with Crippen LogP contribution in [0.2, 0.25) is 0 Å². The highest BCUT2D eigenvalue weighted by Gasteiger charge is 2.60. The summed E-state index contributed by atoms with van der Waals surface area (Å²) in [7, 11) is 0. The fourth-order valence-electron chi connectivity index (χ4n) is 5.84. The minimum Gasteiger partial charge on any atom is -0.508 e. The number of phenols is 1. The zero-order valence-corrected chi connectivity index (χ0v) is 18.9. The van der Waals surface area contributed by atoms with E-state index in [1.165, 1.54) is 6.07 Å². The maximum absolute atomic E-state index is 13.5. The van der Waals surface area contributed by atoms with Crippen LogP contribution >= 0.6 is 0 Å². The molecule has 0 bridgehead atoms. The van der Waals surface area contributed by atoms with E-state index in [1.807, 2.05) is 0 Å². The minimum atomic E-state index is -2.56. The van der Waals surface area contributed by atoms with Crippen LogP contribution in [0.3, 0.4) is 0 Å². The summed E-state index contributed by atoms with van der Waals surface area (Å²) in [5.74, 6) is -0.0619. The van der Waals surface area contributed by atoms with Crippen molar-refractivity contribution in [1.29, 1.82) is 0 Å². The number of allylic oxidation sites excluding steroid dienone is 2. The molecule has 1 aromatic carbocycles. The predicted octanol–water partition coefficient (Wildman–Crippen LogP) is 2.28. The van der Waals surface area contributed by atoms with E-state index in [2.05, 4.69) is 17.9 Å². The van der Waals surface area contributed by atoms with Crippen molar-refractivity contribution in [3.8, 4) is 17.6 Å². The van der Waals surface area contributed by atoms with Gasteiger partial charge >= 0.3 is 0 Å². The van der Waals surface area contributed by atoms with Gasteiger partial charge in [-0.2, -0.15) is 0 Å². The largest absolute Gasteiger partial charge is 0.508 e. The molecule has 0 radical (unpaired) electrons. The molecule has 5 rings (SSSR count). The summed E-state index contributed by atoms with van der Waals surface area (Å²) in [6.45, 7) is 0. The second kappa shape index (κ2) is 8.14. The van der Waals surface area contributed by atoms with Gasteiger partial charge in [-0.1, -0.05) is 17.9 Å². The number of hydrogen-bond acceptors (Lipinski definition) is 7. The molecule has 0 spiro atoms. The molecule has 1 amide bonds. The van der Waals surface area contributed by atoms with Gasteiger partial charge in [-0.25, -0.2) is 0 Å². The van der Waals surface area contributed by atoms with Crippen LogP contribution in [0, 0.1) is 23.7 Å². The minimum absolute atomic E-state index is 0.0570. The van der Waals surface area contributed by atoms with Gasteiger partial charge in [-0.05, 0) is 67.7 Å². The summed E-state index contributed by atoms with van der Waals surface area (Å²) in [4.78, 5) is 37.7. The number of amides is 1. The number of benzene rings is 1. The number of carbonyl (C=O) groups is 3. The van der Waals surface area contributed by atoms with Crippen molar-refractivity contribution in [2.75, 3.05) is 0 Å². The molecule has 4 aliphatic carbocycles. The van der Waals surface area contributed by atoms with Crippen LogP contribution in [-0.2, 0) is 20.8 Å². The van der Waals surface area contributed by atoms with Gasteiger partial charge in [0, 0.05) is 23.5 Å². The Morgan fingerprint density at radius 2 is 1.86 bits per heavy atom. The number of primary amides is 1. The smallest absolute Gasteiger partial charge is 0.255 e. The summed E-state index contributed by atoms with van der Waals surface area (Å²) in [5, 5.41) is 43.6. The SMILES string of the molecule is NC(=O)C1=C(O)[C@@]2(O)C(=O)C3=C(O)c4c(O)ccc(C#CC5=CCCCC5)c4C[C@H]3C[C@H]2CC1=O. The Labute approximate surface area is 201 Å². The monoisotopic (exact) mass is 475 g/mol. The Kier molecular flexibility index (Phi) is 5.33. The maximum Gasteiger partial charge on any atom is 0.255 e. The number of carbonyl (C=O) groups excluding carboxylic acids is 3. The molecule has 35 heavy (non-hydrogen) atoms. The normalized spacial score (nSPS) is 27.9. The summed E-state index contributed by atoms with van der Waals surface area (Å²) < 4.78 is 0. The Balaban J connectivity index is 1.63. The van der Waals surface area contributed by atoms with Gasteiger partial charge in [-0.3, -0.25) is 14.4 Å². The molecule has 0 saturated heterocycles. The van der Waals surface area contributed by atoms with Crippen LogP contribution in [0.4, 0.5) is 0 Å². The van der Waals surface area contributed by atoms with Crippen molar-refractivity contribution in [1.82, 2.24) is 0 Å². The average Bonchev–Trinajstić information content (AvgIpc) is 2.81. The van der Waals surface area contributed by atoms with Gasteiger partial charge in [0.1, 0.15) is 22.8 Å². The molecule has 0 heterocycles. The van der Waals surface area contributed by atoms with Crippen molar-refractivity contribution in [3.05, 3.63) is 57.4 Å². The number of aliphatic hydroxyl groups excluding tert-OH is 2. The Bertz CT molecular complexity index is 1350. The van der Waals surface area contributed by atoms with Gasteiger partial charge < -0.3 is 26.2 Å². The first kappa shape index (κ1) is 22.9. The molecule has 0 aliphatic heterocycles. The number of phenolic OH excluding ortho intramolecular Hbond substituents is 1. The molecular formula is C27H25NO7. The molecule has 1 fully saturated rings. The van der Waals surface area contributed by atoms with Crippen molar-refractivity contribution >= 4 is 23.2 Å². The quantitative estimate of drug-likeness (QED) is 0.308. The fourth-order valence-corrected chi connectivity index (χ4v) is 5.84. The first-order chi connectivity index (χ1) is 16.6. The molecule has 180 valence electrons. The van der Waals surface area contributed by atoms with Crippen LogP contribution in [0.25, 0.3) is 5.76 Å². The topological polar surface area (TPSA) is 158 Å². The van der Waals surface area contributed by atoms with Crippen LogP contribution in [-0.4, -0.2) is 43.5 Å². The fraction of sp³-hybridized carbons (Fsp3) is 0.370. The lowest BCUT2D eigenvalue weighted by molar-refractivity contribution is -0.147. The highest BCUT2D eigenvalue weighted by molar-refractivity contribution is 6.22. The van der Waals surface area contributed by atoms with E-state index in [1.54, 1.807) is 6.07 Å². The predicted molar refractivity (Wildman–Crippen MR) is 125 cm³/mol. The number of nitrogens with two attached hydrogens (primary N) is 1. The maximum atomic E-state index is 13.5. The number of hydrogen-bond donors (Lipinski definition) is 5. The van der Waals surface area contributed by atoms with Gasteiger partial charge in [0.05, 0.1) is 5.56 Å². The van der Waals surface area contributed by atoms with Crippen LogP contribution < -0.4 is 5.73 Å². The number of ketones is 2. The zero-order chi connectivity index (χ0) is 25.1. The first-order valence-electron chi connectivity index (χ1n) is 11.7. The molecule has 8 nitrogen and oxygen atoms in total. The Hall–Kier alpha value is -3.83. The highest BCUT2D eigenvalue weighted by atomic mass is 16.3. The molecule has 0 aromatic heterocycles. The zero-order valence-electron chi connectivity index (χ0n) is 18.9. The third-order valence-corrected chi connectivity index (χ3v) is 7.60. The van der Waals surface area contributed by atoms with Gasteiger partial charge in [0.2, 0.25) is 5.78 Å². The molecule has 1 saturated carbocycles. The van der Waals surface area contributed by atoms with Crippen molar-refractivity contribution in [2.45, 2.75) is 50.5 Å². The number of rotatable bonds is 1. The Morgan fingerprint density at radius 1 is 1.09 bits per heavy atom. The summed E-state index contributed by atoms with van der Waals surface area (Å²) >= 11 is 0. The van der Waals surface area contributed by atoms with E-state index in [-0.39, 0.29) is 36.1 Å². The third kappa shape index (κ3) is 3.38. The average molecular weight is 475 g/mol. The third-order valence-electron chi connectivity index (χ3n) is 7.60. The van der Waals surface area contributed by atoms with Crippen molar-refractivity contribution < 1.29 is 34.8 Å². The molecule has 0 unspecified atom stereocenters. The van der Waals surface area contributed by atoms with Crippen molar-refractivity contribution in [2.24, 2.45) is 17.6 Å². The van der Waals surface area contributed by atoms with E-state index >= 15 is 0 Å². The Morgan fingerprint density at radius 3 is 2.54 bits per heavy atom. The first-order valence-corrected chi connectivity index (χ1v) is 11.7. The van der Waals surface area contributed by atoms with Gasteiger partial charge in [-0.15, -0.1) is 0 Å². The summed E-state index contributed by atoms with van der Waals surface area (Å²) in [5.41, 5.74) is 3.98. The number of aromatic hydroxyl groups is 1. The van der Waals surface area contributed by atoms with Crippen LogP contribution in [0.5, 0.6) is 5.75 Å². The van der Waals surface area contributed by atoms with E-state index in [0.717, 1.165) is 31.3 Å². The van der Waals surface area contributed by atoms with E-state index in [0.29, 0.717) is 11.1 Å². The van der Waals surface area contributed by atoms with Gasteiger partial charge in [0.25, 0.3) is 5.91 Å². The standard InChI is InChI=1S/C27H25NO7/c28-26(34)22-19(30)12-16-10-15-11-17-14(7-6-13-4-2-1-3-5-13)8-9-18(29)21(17)23(31)20(15)24(32)27(16,35)25(22)33/h4,8-9,15-16,29,31,33,35H,1-3,5,10-12H2,(H2,28,34)/t15-,16+,27+/m1/s1. The lowest BCUT2D eigenvalue weighted by Crippen LogP contribution is -2.58. The molecule has 3 atom stereocenters. The number of Topliss-reactive ketones (excluding diaryl/α,β-unsaturated/α-hetero) is 2. The molecule has 8 heteroatoms.